The number of anilines is 4. The Morgan fingerprint density at radius 2 is 1.90 bits per heavy atom. The van der Waals surface area contributed by atoms with Crippen molar-refractivity contribution in [3.05, 3.63) is 88.8 Å². The van der Waals surface area contributed by atoms with E-state index in [0.29, 0.717) is 47.0 Å². The maximum absolute atomic E-state index is 15.2. The van der Waals surface area contributed by atoms with Crippen LogP contribution in [0.2, 0.25) is 5.02 Å². The van der Waals surface area contributed by atoms with E-state index in [0.717, 1.165) is 41.3 Å². The van der Waals surface area contributed by atoms with Crippen molar-refractivity contribution < 1.29 is 13.9 Å². The summed E-state index contributed by atoms with van der Waals surface area (Å²) in [7, 11) is 5.59. The van der Waals surface area contributed by atoms with E-state index in [1.807, 2.05) is 60.3 Å². The van der Waals surface area contributed by atoms with Gasteiger partial charge in [-0.15, -0.1) is 0 Å². The Morgan fingerprint density at radius 1 is 1.12 bits per heavy atom. The molecule has 41 heavy (non-hydrogen) atoms. The van der Waals surface area contributed by atoms with Gasteiger partial charge in [-0.2, -0.15) is 0 Å². The van der Waals surface area contributed by atoms with Crippen LogP contribution in [-0.4, -0.2) is 72.6 Å². The van der Waals surface area contributed by atoms with Gasteiger partial charge in [-0.25, -0.2) is 14.4 Å². The number of hydrogen-bond acceptors (Lipinski definition) is 7. The quantitative estimate of drug-likeness (QED) is 0.314. The highest BCUT2D eigenvalue weighted by molar-refractivity contribution is 6.31. The molecule has 210 valence electrons. The summed E-state index contributed by atoms with van der Waals surface area (Å²) in [6, 6.07) is 18.1. The lowest BCUT2D eigenvalue weighted by Gasteiger charge is -2.42. The van der Waals surface area contributed by atoms with Crippen molar-refractivity contribution in [1.29, 1.82) is 0 Å². The van der Waals surface area contributed by atoms with Gasteiger partial charge in [0, 0.05) is 53.7 Å². The fraction of sp³-hybridized carbons (Fsp3) is 0.258. The Bertz CT molecular complexity index is 1610. The van der Waals surface area contributed by atoms with Gasteiger partial charge in [0.25, 0.3) is 5.91 Å². The average Bonchev–Trinajstić information content (AvgIpc) is 3.08. The first-order valence-corrected chi connectivity index (χ1v) is 13.8. The number of carbonyl (C=O) groups is 1. The van der Waals surface area contributed by atoms with Crippen LogP contribution >= 0.6 is 11.6 Å². The molecule has 1 aromatic heterocycles. The van der Waals surface area contributed by atoms with Crippen molar-refractivity contribution in [3.63, 3.8) is 0 Å². The highest BCUT2D eigenvalue weighted by atomic mass is 35.5. The predicted molar refractivity (Wildman–Crippen MR) is 159 cm³/mol. The van der Waals surface area contributed by atoms with E-state index in [1.165, 1.54) is 13.2 Å². The molecule has 0 spiro atoms. The van der Waals surface area contributed by atoms with Crippen molar-refractivity contribution in [3.8, 4) is 17.0 Å². The van der Waals surface area contributed by atoms with E-state index in [-0.39, 0.29) is 11.7 Å². The molecule has 4 aromatic rings. The first kappa shape index (κ1) is 27.0. The summed E-state index contributed by atoms with van der Waals surface area (Å²) in [6.07, 6.45) is 2.38. The monoisotopic (exact) mass is 572 g/mol. The van der Waals surface area contributed by atoms with Gasteiger partial charge in [0.15, 0.2) is 5.82 Å². The molecule has 8 nitrogen and oxygen atoms in total. The number of benzene rings is 3. The summed E-state index contributed by atoms with van der Waals surface area (Å²) in [5.41, 5.74) is 4.97. The third-order valence-corrected chi connectivity index (χ3v) is 7.92. The average molecular weight is 573 g/mol. The zero-order valence-corrected chi connectivity index (χ0v) is 23.8. The van der Waals surface area contributed by atoms with Crippen molar-refractivity contribution >= 4 is 40.5 Å². The molecule has 0 saturated carbocycles. The molecule has 1 saturated heterocycles. The largest absolute Gasteiger partial charge is 0.494 e. The Morgan fingerprint density at radius 3 is 2.63 bits per heavy atom. The molecule has 3 heterocycles. The first-order chi connectivity index (χ1) is 19.8. The number of likely N-dealkylation sites (N-methyl/N-ethyl adjacent to an activating group) is 1. The summed E-state index contributed by atoms with van der Waals surface area (Å²) in [6.45, 7) is 1.96. The van der Waals surface area contributed by atoms with Crippen molar-refractivity contribution in [2.75, 3.05) is 51.1 Å². The summed E-state index contributed by atoms with van der Waals surface area (Å²) in [5.74, 6) is 0.492. The van der Waals surface area contributed by atoms with Crippen LogP contribution < -0.4 is 15.0 Å². The molecule has 3 aromatic carbocycles. The zero-order chi connectivity index (χ0) is 28.7. The second-order valence-corrected chi connectivity index (χ2v) is 10.9. The number of para-hydroxylation sites is 1. The lowest BCUT2D eigenvalue weighted by molar-refractivity contribution is 0.0399. The van der Waals surface area contributed by atoms with Crippen LogP contribution in [0.15, 0.2) is 66.9 Å². The molecule has 1 fully saturated rings. The number of likely N-dealkylation sites (tertiary alicyclic amines) is 1. The van der Waals surface area contributed by atoms with E-state index in [4.69, 9.17) is 21.3 Å². The molecule has 0 unspecified atom stereocenters. The number of halogens is 2. The van der Waals surface area contributed by atoms with Gasteiger partial charge in [-0.1, -0.05) is 17.7 Å². The smallest absolute Gasteiger partial charge is 0.253 e. The molecule has 0 aliphatic carbocycles. The molecule has 2 aliphatic rings. The van der Waals surface area contributed by atoms with Crippen molar-refractivity contribution in [2.24, 2.45) is 0 Å². The zero-order valence-electron chi connectivity index (χ0n) is 23.1. The maximum Gasteiger partial charge on any atom is 0.253 e. The third-order valence-electron chi connectivity index (χ3n) is 7.68. The number of fused-ring (bicyclic) bond motifs is 3. The van der Waals surface area contributed by atoms with Gasteiger partial charge >= 0.3 is 0 Å². The molecule has 10 heteroatoms. The molecule has 0 atom stereocenters. The van der Waals surface area contributed by atoms with Crippen LogP contribution in [0.1, 0.15) is 15.9 Å². The molecule has 6 rings (SSSR count). The molecule has 0 bridgehead atoms. The number of amides is 1. The third kappa shape index (κ3) is 5.18. The van der Waals surface area contributed by atoms with Crippen LogP contribution in [-0.2, 0) is 6.42 Å². The van der Waals surface area contributed by atoms with Gasteiger partial charge in [-0.05, 0) is 80.7 Å². The number of aromatic nitrogens is 2. The Hall–Kier alpha value is -4.21. The fourth-order valence-electron chi connectivity index (χ4n) is 5.27. The molecular weight excluding hydrogens is 543 g/mol. The number of carbonyl (C=O) groups excluding carboxylic acids is 1. The number of rotatable bonds is 6. The number of ether oxygens (including phenoxy) is 1. The molecule has 1 N–H and O–H groups in total. The Kier molecular flexibility index (Phi) is 7.23. The minimum Gasteiger partial charge on any atom is -0.494 e. The molecule has 2 aliphatic heterocycles. The fourth-order valence-corrected chi connectivity index (χ4v) is 5.44. The lowest BCUT2D eigenvalue weighted by atomic mass is 10.0. The van der Waals surface area contributed by atoms with Crippen LogP contribution in [0.5, 0.6) is 5.75 Å². The standard InChI is InChI=1S/C31H30ClFN6O2/c1-37(2)23-17-38(18-23)30(40)19-7-10-22(11-8-19)35-31-34-16-20-13-14-39(29-25(33)5-4-6-27(29)41-3)26-15-21(32)9-12-24(26)28(20)36-31/h4-12,15-16,23H,13-14,17-18H2,1-3H3,(H,34,35,36). The maximum atomic E-state index is 15.2. The van der Waals surface area contributed by atoms with Crippen LogP contribution in [0.25, 0.3) is 11.3 Å². The minimum absolute atomic E-state index is 0.0298. The van der Waals surface area contributed by atoms with Crippen molar-refractivity contribution in [2.45, 2.75) is 12.5 Å². The van der Waals surface area contributed by atoms with Gasteiger partial charge in [0.1, 0.15) is 11.4 Å². The second kappa shape index (κ2) is 11.0. The predicted octanol–water partition coefficient (Wildman–Crippen LogP) is 5.77. The van der Waals surface area contributed by atoms with E-state index >= 15 is 4.39 Å². The summed E-state index contributed by atoms with van der Waals surface area (Å²) < 4.78 is 20.7. The van der Waals surface area contributed by atoms with E-state index < -0.39 is 0 Å². The normalized spacial score (nSPS) is 14.7. The first-order valence-electron chi connectivity index (χ1n) is 13.4. The summed E-state index contributed by atoms with van der Waals surface area (Å²) >= 11 is 6.42. The number of nitrogens with zero attached hydrogens (tertiary/aromatic N) is 5. The summed E-state index contributed by atoms with van der Waals surface area (Å²) in [4.78, 5) is 28.1. The van der Waals surface area contributed by atoms with E-state index in [2.05, 4.69) is 15.2 Å². The van der Waals surface area contributed by atoms with Crippen LogP contribution in [0.3, 0.4) is 0 Å². The van der Waals surface area contributed by atoms with Gasteiger partial charge in [0.05, 0.1) is 18.5 Å². The van der Waals surface area contributed by atoms with Gasteiger partial charge in [0.2, 0.25) is 5.95 Å². The van der Waals surface area contributed by atoms with Gasteiger partial charge in [-0.3, -0.25) is 4.79 Å². The lowest BCUT2D eigenvalue weighted by Crippen LogP contribution is -2.59. The van der Waals surface area contributed by atoms with Crippen LogP contribution in [0, 0.1) is 5.82 Å². The molecular formula is C31H30ClFN6O2. The molecule has 1 amide bonds. The SMILES string of the molecule is COc1cccc(F)c1N1CCc2cnc(Nc3ccc(C(=O)N4CC(N(C)C)C4)cc3)nc2-c2ccc(Cl)cc21. The van der Waals surface area contributed by atoms with Crippen molar-refractivity contribution in [1.82, 2.24) is 19.8 Å². The number of hydrogen-bond donors (Lipinski definition) is 1. The Labute approximate surface area is 243 Å². The molecule has 0 radical (unpaired) electrons. The second-order valence-electron chi connectivity index (χ2n) is 10.5. The van der Waals surface area contributed by atoms with E-state index in [1.54, 1.807) is 24.4 Å². The Balaban J connectivity index is 1.28. The minimum atomic E-state index is -0.386. The highest BCUT2D eigenvalue weighted by Crippen LogP contribution is 2.44. The van der Waals surface area contributed by atoms with E-state index in [9.17, 15) is 4.79 Å². The van der Waals surface area contributed by atoms with Gasteiger partial charge < -0.3 is 24.8 Å². The van der Waals surface area contributed by atoms with Crippen LogP contribution in [0.4, 0.5) is 27.4 Å². The summed E-state index contributed by atoms with van der Waals surface area (Å²) in [5, 5.41) is 3.79. The number of nitrogens with one attached hydrogen (secondary N) is 1. The number of methoxy groups -OCH3 is 1. The highest BCUT2D eigenvalue weighted by Gasteiger charge is 2.32. The topological polar surface area (TPSA) is 73.8 Å².